The second-order valence-corrected chi connectivity index (χ2v) is 0. The van der Waals surface area contributed by atoms with E-state index < -0.39 is 18.1 Å². The first kappa shape index (κ1) is 14.6. The van der Waals surface area contributed by atoms with E-state index in [0.29, 0.717) is 0 Å². The Kier molecular flexibility index (Phi) is 90.9. The van der Waals surface area contributed by atoms with Gasteiger partial charge < -0.3 is 1.43 Å². The van der Waals surface area contributed by atoms with E-state index in [1.54, 1.807) is 0 Å². The van der Waals surface area contributed by atoms with Crippen LogP contribution in [-0.4, -0.2) is 65.7 Å². The van der Waals surface area contributed by atoms with Crippen LogP contribution in [0.3, 0.4) is 0 Å². The van der Waals surface area contributed by atoms with E-state index in [2.05, 4.69) is 0 Å². The summed E-state index contributed by atoms with van der Waals surface area (Å²) in [6, 6.07) is 0. The van der Waals surface area contributed by atoms with Crippen LogP contribution in [0.2, 0.25) is 0 Å². The first-order chi connectivity index (χ1) is 3.83. The van der Waals surface area contributed by atoms with Crippen LogP contribution in [0.1, 0.15) is 1.43 Å². The average Bonchev–Trinajstić information content (AvgIpc) is 1.75. The molecule has 7 heteroatoms. The Morgan fingerprint density at radius 3 is 1.43 bits per heavy atom. The van der Waals surface area contributed by atoms with Crippen molar-refractivity contribution in [2.75, 3.05) is 0 Å². The van der Waals surface area contributed by atoms with Crippen molar-refractivity contribution in [1.29, 1.82) is 2.56 Å². The van der Waals surface area contributed by atoms with Crippen molar-refractivity contribution in [3.63, 3.8) is 0 Å². The third kappa shape index (κ3) is 35.3. The van der Waals surface area contributed by atoms with Crippen LogP contribution < -0.4 is 51.4 Å². The van der Waals surface area contributed by atoms with Gasteiger partial charge >= 0.3 is 115 Å². The molecule has 0 aliphatic heterocycles. The maximum atomic E-state index is 8.57. The van der Waals surface area contributed by atoms with Gasteiger partial charge in [-0.3, -0.25) is 9.13 Å². The van der Waals surface area contributed by atoms with Gasteiger partial charge in [0, 0.05) is 0 Å². The van der Waals surface area contributed by atoms with E-state index in [1.165, 1.54) is 63.2 Å². The molecule has 0 rings (SSSR count). The van der Waals surface area contributed by atoms with E-state index in [-0.39, 0.29) is 52.8 Å². The van der Waals surface area contributed by atoms with Crippen LogP contribution in [0, 0.1) is 0 Å². The van der Waals surface area contributed by atoms with Crippen molar-refractivity contribution in [3.8, 4) is 0 Å². The van der Waals surface area contributed by atoms with E-state index in [4.69, 9.17) is 11.7 Å². The van der Waals surface area contributed by atoms with E-state index in [1.807, 2.05) is 0 Å². The first-order valence-corrected chi connectivity index (χ1v) is 18.1. The molecule has 7 heavy (non-hydrogen) atoms. The molecule has 0 bridgehead atoms. The van der Waals surface area contributed by atoms with Crippen LogP contribution in [0.4, 0.5) is 0 Å². The van der Waals surface area contributed by atoms with Crippen LogP contribution in [0.25, 0.3) is 0 Å². The van der Waals surface area contributed by atoms with Gasteiger partial charge in [0.05, 0.1) is 0 Å². The second-order valence-electron chi connectivity index (χ2n) is 0. The molecule has 0 aromatic carbocycles. The molecular formula is H3K3O2P2. The molecule has 0 aliphatic carbocycles. The Morgan fingerprint density at radius 2 is 1.43 bits per heavy atom. The summed E-state index contributed by atoms with van der Waals surface area (Å²) in [5.74, 6) is 0. The van der Waals surface area contributed by atoms with Gasteiger partial charge in [0.15, 0.2) is 0 Å². The topological polar surface area (TPSA) is 34.1 Å². The number of hydrogen-bond donors (Lipinski definition) is 0. The third-order valence-electron chi connectivity index (χ3n) is 0. The Hall–Kier alpha value is 5.11. The zero-order valence-corrected chi connectivity index (χ0v) is 15.9. The SMILES string of the molecule is [2H]P=O.[2H]P=O.[H-].[K+].[K][K]. The number of hydrogen-bond acceptors (Lipinski definition) is 2. The van der Waals surface area contributed by atoms with Gasteiger partial charge in [-0.2, -0.15) is 0 Å². The Morgan fingerprint density at radius 1 is 1.43 bits per heavy atom. The minimum atomic E-state index is -0.583. The monoisotopic (exact) mass is 216 g/mol. The predicted molar refractivity (Wildman–Crippen MR) is 30.6 cm³/mol. The van der Waals surface area contributed by atoms with Crippen molar-refractivity contribution in [2.24, 2.45) is 0 Å². The molecule has 0 spiro atoms. The molecule has 0 saturated carbocycles. The summed E-state index contributed by atoms with van der Waals surface area (Å²) < 4.78 is 28.4. The molecule has 0 unspecified atom stereocenters. The number of rotatable bonds is 0. The summed E-state index contributed by atoms with van der Waals surface area (Å²) in [4.78, 5) is 0. The normalized spacial score (nSPS) is 7.43. The second kappa shape index (κ2) is 43.5. The Labute approximate surface area is 140 Å². The fourth-order valence-corrected chi connectivity index (χ4v) is 0. The van der Waals surface area contributed by atoms with Crippen molar-refractivity contribution >= 4 is 81.3 Å². The van der Waals surface area contributed by atoms with Gasteiger partial charge in [0.1, 0.15) is 20.7 Å². The van der Waals surface area contributed by atoms with Crippen LogP contribution >= 0.6 is 18.1 Å². The van der Waals surface area contributed by atoms with Gasteiger partial charge in [-0.25, -0.2) is 0 Å². The molecule has 2 nitrogen and oxygen atoms in total. The van der Waals surface area contributed by atoms with Gasteiger partial charge in [0.2, 0.25) is 0 Å². The van der Waals surface area contributed by atoms with Crippen molar-refractivity contribution < 1.29 is 61.9 Å². The van der Waals surface area contributed by atoms with Crippen LogP contribution in [-0.2, 0) is 9.13 Å². The molecule has 0 aliphatic rings. The fraction of sp³-hybridized carbons (Fsp3) is 0. The van der Waals surface area contributed by atoms with Gasteiger partial charge in [0.25, 0.3) is 0 Å². The minimum absolute atomic E-state index is 0. The third-order valence-corrected chi connectivity index (χ3v) is 0. The van der Waals surface area contributed by atoms with Crippen molar-refractivity contribution in [3.05, 3.63) is 0 Å². The molecule has 0 N–H and O–H groups in total. The molecule has 28 valence electrons. The Balaban J connectivity index is -0.0000000116. The summed E-state index contributed by atoms with van der Waals surface area (Å²) in [6.07, 6.45) is 0. The van der Waals surface area contributed by atoms with E-state index >= 15 is 0 Å². The maximum absolute atomic E-state index is 8.57. The van der Waals surface area contributed by atoms with Gasteiger partial charge in [-0.05, 0) is 0 Å². The zero-order chi connectivity index (χ0) is 7.41. The summed E-state index contributed by atoms with van der Waals surface area (Å²) in [7, 11) is -1.17. The Bertz CT molecular complexity index is 40.7. The van der Waals surface area contributed by atoms with Gasteiger partial charge in [-0.1, -0.05) is 0 Å². The van der Waals surface area contributed by atoms with E-state index in [0.717, 1.165) is 0 Å². The van der Waals surface area contributed by atoms with Crippen molar-refractivity contribution in [2.45, 2.75) is 0 Å². The van der Waals surface area contributed by atoms with E-state index in [9.17, 15) is 0 Å². The molecule has 0 heterocycles. The molecule has 0 amide bonds. The zero-order valence-electron chi connectivity index (χ0n) is 7.71. The molecule has 0 saturated heterocycles. The summed E-state index contributed by atoms with van der Waals surface area (Å²) in [5, 5.41) is 0. The molecular weight excluding hydrogens is 211 g/mol. The summed E-state index contributed by atoms with van der Waals surface area (Å²) >= 11 is 2.50. The standard InChI is InChI=1S/3K.2HOP.H/c;;;2*1-2;/h;;;2*2H;/q;;+1;;;-1/i;;;2*2D;. The van der Waals surface area contributed by atoms with Crippen LogP contribution in [0.5, 0.6) is 0 Å². The molecule has 0 fully saturated rings. The molecule has 0 aromatic rings. The molecule has 0 radical (unpaired) electrons. The molecule has 0 aromatic heterocycles. The quantitative estimate of drug-likeness (QED) is 0.326. The van der Waals surface area contributed by atoms with Gasteiger partial charge in [-0.15, -0.1) is 0 Å². The molecule has 0 atom stereocenters. The predicted octanol–water partition coefficient (Wildman–Crippen LogP) is -2.70. The fourth-order valence-electron chi connectivity index (χ4n) is 0. The summed E-state index contributed by atoms with van der Waals surface area (Å²) in [5.41, 5.74) is 0. The summed E-state index contributed by atoms with van der Waals surface area (Å²) in [6.45, 7) is 0. The van der Waals surface area contributed by atoms with Crippen molar-refractivity contribution in [1.82, 2.24) is 0 Å². The average molecular weight is 216 g/mol. The van der Waals surface area contributed by atoms with Crippen LogP contribution in [0.15, 0.2) is 0 Å². The first-order valence-electron chi connectivity index (χ1n) is 2.26.